The summed E-state index contributed by atoms with van der Waals surface area (Å²) in [6.07, 6.45) is 0. The zero-order chi connectivity index (χ0) is 7.68. The van der Waals surface area contributed by atoms with Gasteiger partial charge in [0.1, 0.15) is 0 Å². The first-order valence-electron chi connectivity index (χ1n) is 4.41. The van der Waals surface area contributed by atoms with Crippen LogP contribution in [0.4, 0.5) is 0 Å². The zero-order valence-corrected chi connectivity index (χ0v) is 7.05. The molecule has 0 spiro atoms. The fraction of sp³-hybridized carbons (Fsp3) is 1.00. The molecule has 3 heteroatoms. The maximum atomic E-state index is 5.39. The van der Waals surface area contributed by atoms with E-state index >= 15 is 0 Å². The van der Waals surface area contributed by atoms with Gasteiger partial charge in [-0.25, -0.2) is 0 Å². The van der Waals surface area contributed by atoms with Crippen molar-refractivity contribution in [1.82, 2.24) is 10.2 Å². The van der Waals surface area contributed by atoms with Crippen LogP contribution in [0.15, 0.2) is 0 Å². The Labute approximate surface area is 67.7 Å². The number of ether oxygens (including phenoxy) is 1. The highest BCUT2D eigenvalue weighted by atomic mass is 16.5. The number of piperazine rings is 1. The molecule has 2 heterocycles. The highest BCUT2D eigenvalue weighted by Gasteiger charge is 2.27. The van der Waals surface area contributed by atoms with Gasteiger partial charge in [-0.1, -0.05) is 0 Å². The number of hydrogen-bond acceptors (Lipinski definition) is 3. The first-order chi connectivity index (χ1) is 5.36. The zero-order valence-electron chi connectivity index (χ0n) is 7.05. The molecule has 2 rings (SSSR count). The molecule has 1 unspecified atom stereocenters. The van der Waals surface area contributed by atoms with E-state index in [-0.39, 0.29) is 0 Å². The van der Waals surface area contributed by atoms with Crippen LogP contribution in [0.2, 0.25) is 0 Å². The van der Waals surface area contributed by atoms with Gasteiger partial charge in [0.25, 0.3) is 0 Å². The Kier molecular flexibility index (Phi) is 2.11. The van der Waals surface area contributed by atoms with Crippen molar-refractivity contribution < 1.29 is 4.74 Å². The monoisotopic (exact) mass is 156 g/mol. The third-order valence-corrected chi connectivity index (χ3v) is 2.56. The first-order valence-corrected chi connectivity index (χ1v) is 4.41. The predicted octanol–water partition coefficient (Wildman–Crippen LogP) is -0.321. The number of fused-ring (bicyclic) bond motifs is 1. The van der Waals surface area contributed by atoms with Crippen molar-refractivity contribution in [2.24, 2.45) is 0 Å². The normalized spacial score (nSPS) is 40.1. The Bertz CT molecular complexity index is 140. The van der Waals surface area contributed by atoms with Gasteiger partial charge in [-0.05, 0) is 6.92 Å². The second kappa shape index (κ2) is 3.09. The highest BCUT2D eigenvalue weighted by molar-refractivity contribution is 4.85. The molecule has 2 saturated heterocycles. The summed E-state index contributed by atoms with van der Waals surface area (Å²) in [4.78, 5) is 2.53. The average molecular weight is 156 g/mol. The summed E-state index contributed by atoms with van der Waals surface area (Å²) in [5.74, 6) is 0. The highest BCUT2D eigenvalue weighted by Crippen LogP contribution is 2.10. The summed E-state index contributed by atoms with van der Waals surface area (Å²) in [5, 5.41) is 3.46. The van der Waals surface area contributed by atoms with E-state index in [4.69, 9.17) is 4.74 Å². The Morgan fingerprint density at radius 2 is 2.45 bits per heavy atom. The number of nitrogens with zero attached hydrogens (tertiary/aromatic N) is 1. The third kappa shape index (κ3) is 1.55. The number of nitrogens with one attached hydrogen (secondary N) is 1. The Hall–Kier alpha value is -0.120. The molecule has 0 radical (unpaired) electrons. The molecule has 0 aromatic carbocycles. The van der Waals surface area contributed by atoms with E-state index in [2.05, 4.69) is 17.1 Å². The maximum Gasteiger partial charge on any atom is 0.0634 e. The molecular weight excluding hydrogens is 140 g/mol. The van der Waals surface area contributed by atoms with Crippen molar-refractivity contribution in [1.29, 1.82) is 0 Å². The van der Waals surface area contributed by atoms with E-state index in [1.165, 1.54) is 6.54 Å². The average Bonchev–Trinajstić information content (AvgIpc) is 2.04. The molecule has 2 fully saturated rings. The first kappa shape index (κ1) is 7.53. The van der Waals surface area contributed by atoms with E-state index in [9.17, 15) is 0 Å². The smallest absolute Gasteiger partial charge is 0.0634 e. The van der Waals surface area contributed by atoms with Crippen molar-refractivity contribution in [3.8, 4) is 0 Å². The van der Waals surface area contributed by atoms with Crippen LogP contribution in [-0.4, -0.2) is 49.8 Å². The van der Waals surface area contributed by atoms with Gasteiger partial charge in [-0.2, -0.15) is 0 Å². The Morgan fingerprint density at radius 1 is 1.55 bits per heavy atom. The lowest BCUT2D eigenvalue weighted by Gasteiger charge is -2.41. The molecule has 2 aliphatic heterocycles. The van der Waals surface area contributed by atoms with E-state index in [1.807, 2.05) is 0 Å². The molecule has 0 saturated carbocycles. The lowest BCUT2D eigenvalue weighted by molar-refractivity contribution is -0.0244. The second-order valence-corrected chi connectivity index (χ2v) is 3.53. The summed E-state index contributed by atoms with van der Waals surface area (Å²) in [7, 11) is 0. The molecule has 2 atom stereocenters. The van der Waals surface area contributed by atoms with Crippen LogP contribution in [-0.2, 0) is 4.74 Å². The van der Waals surface area contributed by atoms with Crippen LogP contribution in [0.5, 0.6) is 0 Å². The minimum absolute atomic E-state index is 0.639. The van der Waals surface area contributed by atoms with Gasteiger partial charge in [-0.3, -0.25) is 4.90 Å². The third-order valence-electron chi connectivity index (χ3n) is 2.56. The topological polar surface area (TPSA) is 24.5 Å². The molecule has 0 aliphatic carbocycles. The van der Waals surface area contributed by atoms with Crippen LogP contribution >= 0.6 is 0 Å². The van der Waals surface area contributed by atoms with Crippen molar-refractivity contribution in [2.45, 2.75) is 19.0 Å². The van der Waals surface area contributed by atoms with Gasteiger partial charge in [-0.15, -0.1) is 0 Å². The Balaban J connectivity index is 1.93. The second-order valence-electron chi connectivity index (χ2n) is 3.53. The minimum Gasteiger partial charge on any atom is -0.378 e. The maximum absolute atomic E-state index is 5.39. The van der Waals surface area contributed by atoms with Gasteiger partial charge in [0.05, 0.1) is 13.2 Å². The summed E-state index contributed by atoms with van der Waals surface area (Å²) < 4.78 is 5.39. The van der Waals surface area contributed by atoms with Crippen LogP contribution < -0.4 is 5.32 Å². The van der Waals surface area contributed by atoms with E-state index in [0.29, 0.717) is 12.1 Å². The molecular formula is C8H16N2O. The van der Waals surface area contributed by atoms with Crippen LogP contribution in [0.1, 0.15) is 6.92 Å². The van der Waals surface area contributed by atoms with Crippen molar-refractivity contribution in [3.05, 3.63) is 0 Å². The summed E-state index contributed by atoms with van der Waals surface area (Å²) in [5.41, 5.74) is 0. The number of hydrogen-bond donors (Lipinski definition) is 1. The van der Waals surface area contributed by atoms with Crippen LogP contribution in [0.25, 0.3) is 0 Å². The van der Waals surface area contributed by atoms with Crippen molar-refractivity contribution in [2.75, 3.05) is 32.8 Å². The Morgan fingerprint density at radius 3 is 3.36 bits per heavy atom. The molecule has 0 aromatic heterocycles. The largest absolute Gasteiger partial charge is 0.378 e. The number of morpholine rings is 1. The van der Waals surface area contributed by atoms with Crippen LogP contribution in [0.3, 0.4) is 0 Å². The summed E-state index contributed by atoms with van der Waals surface area (Å²) in [6, 6.07) is 1.30. The van der Waals surface area contributed by atoms with Gasteiger partial charge >= 0.3 is 0 Å². The summed E-state index contributed by atoms with van der Waals surface area (Å²) in [6.45, 7) is 7.49. The molecule has 1 N–H and O–H groups in total. The molecule has 3 nitrogen and oxygen atoms in total. The van der Waals surface area contributed by atoms with Crippen molar-refractivity contribution >= 4 is 0 Å². The lowest BCUT2D eigenvalue weighted by atomic mass is 10.1. The molecule has 0 amide bonds. The van der Waals surface area contributed by atoms with E-state index < -0.39 is 0 Å². The fourth-order valence-corrected chi connectivity index (χ4v) is 1.87. The van der Waals surface area contributed by atoms with E-state index in [1.54, 1.807) is 0 Å². The molecule has 0 bridgehead atoms. The molecule has 64 valence electrons. The quantitative estimate of drug-likeness (QED) is 0.520. The van der Waals surface area contributed by atoms with Gasteiger partial charge < -0.3 is 10.1 Å². The standard InChI is InChI=1S/C8H16N2O/c1-7-5-10-2-3-11-6-8(10)4-9-7/h7-9H,2-6H2,1H3/t7-,8?/m1/s1. The molecule has 11 heavy (non-hydrogen) atoms. The van der Waals surface area contributed by atoms with Gasteiger partial charge in [0.2, 0.25) is 0 Å². The lowest BCUT2D eigenvalue weighted by Crippen LogP contribution is -2.59. The fourth-order valence-electron chi connectivity index (χ4n) is 1.87. The van der Waals surface area contributed by atoms with Gasteiger partial charge in [0.15, 0.2) is 0 Å². The van der Waals surface area contributed by atoms with Crippen LogP contribution in [0, 0.1) is 0 Å². The van der Waals surface area contributed by atoms with E-state index in [0.717, 1.165) is 26.3 Å². The van der Waals surface area contributed by atoms with Crippen molar-refractivity contribution in [3.63, 3.8) is 0 Å². The number of rotatable bonds is 0. The minimum atomic E-state index is 0.639. The molecule has 2 aliphatic rings. The summed E-state index contributed by atoms with van der Waals surface area (Å²) >= 11 is 0. The predicted molar refractivity (Wildman–Crippen MR) is 43.6 cm³/mol. The molecule has 0 aromatic rings. The van der Waals surface area contributed by atoms with Gasteiger partial charge in [0, 0.05) is 31.7 Å². The SMILES string of the molecule is C[C@@H]1CN2CCOCC2CN1.